The maximum Gasteiger partial charge on any atom is 0.230 e. The predicted octanol–water partition coefficient (Wildman–Crippen LogP) is 2.24. The summed E-state index contributed by atoms with van der Waals surface area (Å²) in [6.07, 6.45) is 2.87. The highest BCUT2D eigenvalue weighted by atomic mass is 19.1. The van der Waals surface area contributed by atoms with E-state index in [0.29, 0.717) is 12.2 Å². The summed E-state index contributed by atoms with van der Waals surface area (Å²) in [6.45, 7) is 4.56. The number of hydrogen-bond donors (Lipinski definition) is 2. The number of piperidine rings is 1. The molecular weight excluding hydrogens is 309 g/mol. The number of nitrogens with one attached hydrogen (secondary N) is 2. The Kier molecular flexibility index (Phi) is 5.14. The second-order valence-corrected chi connectivity index (χ2v) is 6.55. The van der Waals surface area contributed by atoms with Crippen molar-refractivity contribution in [1.82, 2.24) is 10.2 Å². The van der Waals surface area contributed by atoms with Crippen molar-refractivity contribution in [1.29, 1.82) is 0 Å². The van der Waals surface area contributed by atoms with Crippen molar-refractivity contribution in [2.75, 3.05) is 25.0 Å². The highest BCUT2D eigenvalue weighted by molar-refractivity contribution is 6.01. The number of fused-ring (bicyclic) bond motifs is 1. The maximum atomic E-state index is 13.5. The number of carbonyl (C=O) groups is 2. The van der Waals surface area contributed by atoms with Crippen LogP contribution in [0, 0.1) is 5.82 Å². The molecule has 130 valence electrons. The zero-order valence-electron chi connectivity index (χ0n) is 14.0. The van der Waals surface area contributed by atoms with E-state index < -0.39 is 11.7 Å². The molecule has 0 radical (unpaired) electrons. The Morgan fingerprint density at radius 3 is 2.79 bits per heavy atom. The molecule has 0 aliphatic carbocycles. The fraction of sp³-hybridized carbons (Fsp3) is 0.556. The van der Waals surface area contributed by atoms with Crippen LogP contribution in [0.25, 0.3) is 0 Å². The first kappa shape index (κ1) is 16.9. The van der Waals surface area contributed by atoms with Crippen LogP contribution in [0.4, 0.5) is 10.1 Å². The summed E-state index contributed by atoms with van der Waals surface area (Å²) >= 11 is 0. The van der Waals surface area contributed by atoms with Gasteiger partial charge in [-0.3, -0.25) is 9.59 Å². The third-order valence-corrected chi connectivity index (χ3v) is 4.85. The predicted molar refractivity (Wildman–Crippen MR) is 90.3 cm³/mol. The first-order valence-electron chi connectivity index (χ1n) is 8.70. The third-order valence-electron chi connectivity index (χ3n) is 4.85. The summed E-state index contributed by atoms with van der Waals surface area (Å²) in [5, 5.41) is 5.99. The molecule has 0 bridgehead atoms. The molecule has 3 rings (SSSR count). The van der Waals surface area contributed by atoms with Crippen LogP contribution >= 0.6 is 0 Å². The Labute approximate surface area is 141 Å². The first-order valence-corrected chi connectivity index (χ1v) is 8.70. The lowest BCUT2D eigenvalue weighted by molar-refractivity contribution is -0.137. The number of amides is 2. The van der Waals surface area contributed by atoms with Gasteiger partial charge in [-0.2, -0.15) is 0 Å². The standard InChI is InChI=1S/C18H24FN3O2/c1-2-9-22(13-5-7-20-8-6-13)18(24)15-11-17(23)21-16-10-12(19)3-4-14(15)16/h3-4,10,13,15,20H,2,5-9,11H2,1H3,(H,21,23). The van der Waals surface area contributed by atoms with Crippen LogP contribution < -0.4 is 10.6 Å². The van der Waals surface area contributed by atoms with Gasteiger partial charge in [0, 0.05) is 24.7 Å². The Hall–Kier alpha value is -1.95. The normalized spacial score (nSPS) is 21.1. The molecule has 0 spiro atoms. The van der Waals surface area contributed by atoms with Crippen molar-refractivity contribution in [3.8, 4) is 0 Å². The smallest absolute Gasteiger partial charge is 0.230 e. The van der Waals surface area contributed by atoms with Crippen LogP contribution in [0.2, 0.25) is 0 Å². The van der Waals surface area contributed by atoms with Crippen molar-refractivity contribution < 1.29 is 14.0 Å². The minimum atomic E-state index is -0.518. The van der Waals surface area contributed by atoms with Gasteiger partial charge >= 0.3 is 0 Å². The second kappa shape index (κ2) is 7.30. The summed E-state index contributed by atoms with van der Waals surface area (Å²) in [4.78, 5) is 27.1. The number of benzene rings is 1. The van der Waals surface area contributed by atoms with Crippen molar-refractivity contribution in [2.24, 2.45) is 0 Å². The SMILES string of the molecule is CCCN(C(=O)C1CC(=O)Nc2cc(F)ccc21)C1CCNCC1. The van der Waals surface area contributed by atoms with Crippen LogP contribution in [0.5, 0.6) is 0 Å². The monoisotopic (exact) mass is 333 g/mol. The van der Waals surface area contributed by atoms with Gasteiger partial charge in [-0.15, -0.1) is 0 Å². The summed E-state index contributed by atoms with van der Waals surface area (Å²) in [7, 11) is 0. The number of carbonyl (C=O) groups excluding carboxylic acids is 2. The van der Waals surface area contributed by atoms with Gasteiger partial charge in [0.25, 0.3) is 0 Å². The maximum absolute atomic E-state index is 13.5. The van der Waals surface area contributed by atoms with Crippen molar-refractivity contribution >= 4 is 17.5 Å². The Bertz CT molecular complexity index is 629. The highest BCUT2D eigenvalue weighted by Gasteiger charge is 2.36. The minimum absolute atomic E-state index is 0.00791. The fourth-order valence-corrected chi connectivity index (χ4v) is 3.69. The van der Waals surface area contributed by atoms with Crippen molar-refractivity contribution in [3.63, 3.8) is 0 Å². The van der Waals surface area contributed by atoms with Crippen LogP contribution in [0.15, 0.2) is 18.2 Å². The summed E-state index contributed by atoms with van der Waals surface area (Å²) in [5.74, 6) is -1.17. The molecule has 1 saturated heterocycles. The molecule has 24 heavy (non-hydrogen) atoms. The molecule has 2 aliphatic rings. The van der Waals surface area contributed by atoms with Crippen molar-refractivity contribution in [2.45, 2.75) is 44.6 Å². The van der Waals surface area contributed by atoms with E-state index in [2.05, 4.69) is 17.6 Å². The number of nitrogens with zero attached hydrogens (tertiary/aromatic N) is 1. The third kappa shape index (κ3) is 3.43. The molecule has 1 aromatic carbocycles. The summed E-state index contributed by atoms with van der Waals surface area (Å²) < 4.78 is 13.5. The lowest BCUT2D eigenvalue weighted by Gasteiger charge is -2.38. The van der Waals surface area contributed by atoms with Crippen molar-refractivity contribution in [3.05, 3.63) is 29.6 Å². The van der Waals surface area contributed by atoms with Crippen LogP contribution in [-0.4, -0.2) is 42.4 Å². The van der Waals surface area contributed by atoms with Gasteiger partial charge in [-0.25, -0.2) is 4.39 Å². The zero-order chi connectivity index (χ0) is 17.1. The van der Waals surface area contributed by atoms with Gasteiger partial charge in [0.1, 0.15) is 5.82 Å². The fourth-order valence-electron chi connectivity index (χ4n) is 3.69. The van der Waals surface area contributed by atoms with E-state index >= 15 is 0 Å². The molecule has 1 atom stereocenters. The molecule has 0 aromatic heterocycles. The number of halogens is 1. The van der Waals surface area contributed by atoms with Gasteiger partial charge in [-0.05, 0) is 50.0 Å². The van der Waals surface area contributed by atoms with E-state index in [9.17, 15) is 14.0 Å². The zero-order valence-corrected chi connectivity index (χ0v) is 14.0. The molecule has 6 heteroatoms. The van der Waals surface area contributed by atoms with Gasteiger partial charge in [-0.1, -0.05) is 13.0 Å². The molecule has 1 unspecified atom stereocenters. The van der Waals surface area contributed by atoms with E-state index in [-0.39, 0.29) is 24.3 Å². The topological polar surface area (TPSA) is 61.4 Å². The molecule has 1 fully saturated rings. The van der Waals surface area contributed by atoms with E-state index in [4.69, 9.17) is 0 Å². The highest BCUT2D eigenvalue weighted by Crippen LogP contribution is 2.35. The molecule has 2 N–H and O–H groups in total. The largest absolute Gasteiger partial charge is 0.339 e. The van der Waals surface area contributed by atoms with Gasteiger partial charge < -0.3 is 15.5 Å². The molecule has 1 aromatic rings. The second-order valence-electron chi connectivity index (χ2n) is 6.55. The molecule has 0 saturated carbocycles. The minimum Gasteiger partial charge on any atom is -0.339 e. The van der Waals surface area contributed by atoms with Crippen LogP contribution in [0.1, 0.15) is 44.1 Å². The van der Waals surface area contributed by atoms with E-state index in [1.54, 1.807) is 6.07 Å². The Morgan fingerprint density at radius 2 is 2.08 bits per heavy atom. The van der Waals surface area contributed by atoms with Gasteiger partial charge in [0.05, 0.1) is 5.92 Å². The number of anilines is 1. The van der Waals surface area contributed by atoms with E-state index in [0.717, 1.165) is 37.9 Å². The summed E-state index contributed by atoms with van der Waals surface area (Å²) in [5.41, 5.74) is 1.14. The Morgan fingerprint density at radius 1 is 1.33 bits per heavy atom. The van der Waals surface area contributed by atoms with E-state index in [1.807, 2.05) is 4.90 Å². The molecule has 2 amide bonds. The van der Waals surface area contributed by atoms with E-state index in [1.165, 1.54) is 12.1 Å². The molecule has 2 aliphatic heterocycles. The van der Waals surface area contributed by atoms with Crippen LogP contribution in [0.3, 0.4) is 0 Å². The van der Waals surface area contributed by atoms with Gasteiger partial charge in [0.2, 0.25) is 11.8 Å². The molecule has 2 heterocycles. The average molecular weight is 333 g/mol. The summed E-state index contributed by atoms with van der Waals surface area (Å²) in [6, 6.07) is 4.49. The lowest BCUT2D eigenvalue weighted by atomic mass is 9.88. The average Bonchev–Trinajstić information content (AvgIpc) is 2.58. The lowest BCUT2D eigenvalue weighted by Crippen LogP contribution is -2.49. The van der Waals surface area contributed by atoms with Gasteiger partial charge in [0.15, 0.2) is 0 Å². The molecular formula is C18H24FN3O2. The molecule has 5 nitrogen and oxygen atoms in total. The number of rotatable bonds is 4. The quantitative estimate of drug-likeness (QED) is 0.888. The first-order chi connectivity index (χ1) is 11.6. The van der Waals surface area contributed by atoms with Crippen LogP contribution in [-0.2, 0) is 9.59 Å². The Balaban J connectivity index is 1.88. The number of hydrogen-bond acceptors (Lipinski definition) is 3.